The van der Waals surface area contributed by atoms with Crippen molar-refractivity contribution in [3.05, 3.63) is 41.7 Å². The minimum Gasteiger partial charge on any atom is -0.480 e. The van der Waals surface area contributed by atoms with E-state index in [2.05, 4.69) is 10.3 Å². The average molecular weight is 268 g/mol. The van der Waals surface area contributed by atoms with Crippen molar-refractivity contribution >= 4 is 5.97 Å². The number of hydrogen-bond acceptors (Lipinski definition) is 4. The fraction of sp³-hybridized carbons (Fsp3) is 0.182. The predicted molar refractivity (Wildman–Crippen MR) is 60.6 cm³/mol. The maximum Gasteiger partial charge on any atom is 0.320 e. The molecule has 0 saturated carbocycles. The van der Waals surface area contributed by atoms with Crippen molar-refractivity contribution in [3.8, 4) is 5.69 Å². The molecule has 2 rings (SSSR count). The van der Waals surface area contributed by atoms with Gasteiger partial charge in [-0.1, -0.05) is 5.21 Å². The van der Waals surface area contributed by atoms with E-state index in [1.165, 1.54) is 12.3 Å². The SMILES string of the molecule is NC(Cc1cn(-c2ccc(F)cc2F)nn1)C(=O)O. The number of benzene rings is 1. The third kappa shape index (κ3) is 2.91. The lowest BCUT2D eigenvalue weighted by atomic mass is 10.2. The fourth-order valence-corrected chi connectivity index (χ4v) is 1.49. The van der Waals surface area contributed by atoms with Gasteiger partial charge in [-0.15, -0.1) is 5.10 Å². The summed E-state index contributed by atoms with van der Waals surface area (Å²) in [5.41, 5.74) is 5.67. The van der Waals surface area contributed by atoms with Crippen LogP contribution in [0.5, 0.6) is 0 Å². The molecule has 1 unspecified atom stereocenters. The Hall–Kier alpha value is -2.35. The Morgan fingerprint density at radius 2 is 2.21 bits per heavy atom. The van der Waals surface area contributed by atoms with E-state index >= 15 is 0 Å². The van der Waals surface area contributed by atoms with E-state index < -0.39 is 23.6 Å². The van der Waals surface area contributed by atoms with Crippen LogP contribution in [0.15, 0.2) is 24.4 Å². The third-order valence-electron chi connectivity index (χ3n) is 2.44. The minimum atomic E-state index is -1.16. The Kier molecular flexibility index (Phi) is 3.52. The largest absolute Gasteiger partial charge is 0.480 e. The van der Waals surface area contributed by atoms with Crippen LogP contribution in [0.25, 0.3) is 5.69 Å². The lowest BCUT2D eigenvalue weighted by Crippen LogP contribution is -2.32. The van der Waals surface area contributed by atoms with Gasteiger partial charge in [0.1, 0.15) is 17.5 Å². The van der Waals surface area contributed by atoms with Crippen LogP contribution in [0.1, 0.15) is 5.69 Å². The van der Waals surface area contributed by atoms with E-state index in [-0.39, 0.29) is 12.1 Å². The second-order valence-electron chi connectivity index (χ2n) is 3.90. The predicted octanol–water partition coefficient (Wildman–Crippen LogP) is 0.500. The molecule has 8 heteroatoms. The molecule has 0 aliphatic heterocycles. The van der Waals surface area contributed by atoms with Gasteiger partial charge in [0, 0.05) is 12.5 Å². The fourth-order valence-electron chi connectivity index (χ4n) is 1.49. The molecule has 0 fully saturated rings. The molecule has 0 spiro atoms. The Bertz CT molecular complexity index is 614. The molecule has 1 aromatic heterocycles. The molecule has 0 aliphatic carbocycles. The topological polar surface area (TPSA) is 94.0 Å². The summed E-state index contributed by atoms with van der Waals surface area (Å²) < 4.78 is 27.3. The summed E-state index contributed by atoms with van der Waals surface area (Å²) in [6.45, 7) is 0. The first kappa shape index (κ1) is 13.1. The van der Waals surface area contributed by atoms with Crippen molar-refractivity contribution in [2.75, 3.05) is 0 Å². The summed E-state index contributed by atoms with van der Waals surface area (Å²) in [7, 11) is 0. The van der Waals surface area contributed by atoms with Gasteiger partial charge in [0.15, 0.2) is 5.82 Å². The second kappa shape index (κ2) is 5.11. The van der Waals surface area contributed by atoms with E-state index in [9.17, 15) is 13.6 Å². The Balaban J connectivity index is 2.23. The molecule has 1 aromatic carbocycles. The van der Waals surface area contributed by atoms with Crippen molar-refractivity contribution < 1.29 is 18.7 Å². The number of aliphatic carboxylic acids is 1. The molecule has 0 radical (unpaired) electrons. The maximum absolute atomic E-state index is 13.5. The quantitative estimate of drug-likeness (QED) is 0.842. The number of nitrogens with two attached hydrogens (primary N) is 1. The van der Waals surface area contributed by atoms with Crippen LogP contribution in [-0.2, 0) is 11.2 Å². The number of halogens is 2. The second-order valence-corrected chi connectivity index (χ2v) is 3.90. The molecule has 6 nitrogen and oxygen atoms in total. The molecule has 0 bridgehead atoms. The summed E-state index contributed by atoms with van der Waals surface area (Å²) >= 11 is 0. The van der Waals surface area contributed by atoms with Gasteiger partial charge >= 0.3 is 5.97 Å². The lowest BCUT2D eigenvalue weighted by molar-refractivity contribution is -0.138. The molecule has 1 heterocycles. The third-order valence-corrected chi connectivity index (χ3v) is 2.44. The number of carboxylic acid groups (broad SMARTS) is 1. The summed E-state index contributed by atoms with van der Waals surface area (Å²) in [4.78, 5) is 10.6. The van der Waals surface area contributed by atoms with Crippen LogP contribution in [0.3, 0.4) is 0 Å². The van der Waals surface area contributed by atoms with Crippen LogP contribution in [0, 0.1) is 11.6 Å². The van der Waals surface area contributed by atoms with Gasteiger partial charge in [0.05, 0.1) is 11.9 Å². The van der Waals surface area contributed by atoms with Crippen LogP contribution in [0.4, 0.5) is 8.78 Å². The van der Waals surface area contributed by atoms with Crippen molar-refractivity contribution in [3.63, 3.8) is 0 Å². The molecule has 1 atom stereocenters. The number of rotatable bonds is 4. The molecule has 0 amide bonds. The number of nitrogens with zero attached hydrogens (tertiary/aromatic N) is 3. The van der Waals surface area contributed by atoms with E-state index in [4.69, 9.17) is 10.8 Å². The molecule has 3 N–H and O–H groups in total. The van der Waals surface area contributed by atoms with Crippen molar-refractivity contribution in [1.29, 1.82) is 0 Å². The van der Waals surface area contributed by atoms with Crippen molar-refractivity contribution in [1.82, 2.24) is 15.0 Å². The van der Waals surface area contributed by atoms with Crippen molar-refractivity contribution in [2.45, 2.75) is 12.5 Å². The lowest BCUT2D eigenvalue weighted by Gasteiger charge is -2.02. The minimum absolute atomic E-state index is 0.0176. The van der Waals surface area contributed by atoms with Gasteiger partial charge < -0.3 is 10.8 Å². The highest BCUT2D eigenvalue weighted by atomic mass is 19.1. The molecular weight excluding hydrogens is 258 g/mol. The first-order valence-electron chi connectivity index (χ1n) is 5.32. The van der Waals surface area contributed by atoms with Gasteiger partial charge in [-0.2, -0.15) is 0 Å². The van der Waals surface area contributed by atoms with Gasteiger partial charge in [-0.3, -0.25) is 4.79 Å². The summed E-state index contributed by atoms with van der Waals surface area (Å²) in [6.07, 6.45) is 1.32. The zero-order valence-corrected chi connectivity index (χ0v) is 9.62. The standard InChI is InChI=1S/C11H10F2N4O2/c12-6-1-2-10(8(13)3-6)17-5-7(15-16-17)4-9(14)11(18)19/h1-3,5,9H,4,14H2,(H,18,19). The van der Waals surface area contributed by atoms with Crippen LogP contribution in [0.2, 0.25) is 0 Å². The number of hydrogen-bond donors (Lipinski definition) is 2. The van der Waals surface area contributed by atoms with E-state index in [0.29, 0.717) is 5.69 Å². The van der Waals surface area contributed by atoms with E-state index in [0.717, 1.165) is 16.8 Å². The number of aromatic nitrogens is 3. The highest BCUT2D eigenvalue weighted by Gasteiger charge is 2.15. The van der Waals surface area contributed by atoms with Gasteiger partial charge in [-0.25, -0.2) is 13.5 Å². The first-order valence-corrected chi connectivity index (χ1v) is 5.32. The summed E-state index contributed by atoms with van der Waals surface area (Å²) in [5.74, 6) is -2.66. The van der Waals surface area contributed by atoms with Gasteiger partial charge in [0.25, 0.3) is 0 Å². The zero-order chi connectivity index (χ0) is 14.0. The van der Waals surface area contributed by atoms with Crippen LogP contribution >= 0.6 is 0 Å². The van der Waals surface area contributed by atoms with E-state index in [1.807, 2.05) is 0 Å². The zero-order valence-electron chi connectivity index (χ0n) is 9.62. The van der Waals surface area contributed by atoms with E-state index in [1.54, 1.807) is 0 Å². The highest BCUT2D eigenvalue weighted by molar-refractivity contribution is 5.73. The van der Waals surface area contributed by atoms with Crippen LogP contribution in [-0.4, -0.2) is 32.1 Å². The Morgan fingerprint density at radius 1 is 1.47 bits per heavy atom. The molecule has 0 aliphatic rings. The number of carbonyl (C=O) groups is 1. The summed E-state index contributed by atoms with van der Waals surface area (Å²) in [5, 5.41) is 16.0. The highest BCUT2D eigenvalue weighted by Crippen LogP contribution is 2.14. The smallest absolute Gasteiger partial charge is 0.320 e. The first-order chi connectivity index (χ1) is 8.97. The molecule has 100 valence electrons. The molecule has 19 heavy (non-hydrogen) atoms. The molecular formula is C11H10F2N4O2. The summed E-state index contributed by atoms with van der Waals surface area (Å²) in [6, 6.07) is 1.91. The van der Waals surface area contributed by atoms with Crippen LogP contribution < -0.4 is 5.73 Å². The maximum atomic E-state index is 13.5. The van der Waals surface area contributed by atoms with Crippen molar-refractivity contribution in [2.24, 2.45) is 5.73 Å². The van der Waals surface area contributed by atoms with Gasteiger partial charge in [-0.05, 0) is 12.1 Å². The monoisotopic (exact) mass is 268 g/mol. The van der Waals surface area contributed by atoms with Gasteiger partial charge in [0.2, 0.25) is 0 Å². The molecule has 2 aromatic rings. The normalized spacial score (nSPS) is 12.4. The number of carboxylic acids is 1. The Labute approximate surface area is 106 Å². The molecule has 0 saturated heterocycles. The Morgan fingerprint density at radius 3 is 2.84 bits per heavy atom. The average Bonchev–Trinajstić information content (AvgIpc) is 2.77.